The summed E-state index contributed by atoms with van der Waals surface area (Å²) in [6.45, 7) is -2.25. The fraction of sp³-hybridized carbons (Fsp3) is 0.600. The van der Waals surface area contributed by atoms with Gasteiger partial charge in [-0.1, -0.05) is 0 Å². The van der Waals surface area contributed by atoms with Crippen LogP contribution in [0.4, 0.5) is 0 Å². The van der Waals surface area contributed by atoms with Crippen molar-refractivity contribution in [2.24, 2.45) is 0 Å². The Morgan fingerprint density at radius 3 is 0.955 bits per heavy atom. The van der Waals surface area contributed by atoms with Gasteiger partial charge in [-0.3, -0.25) is 29.0 Å². The molecule has 12 heteroatoms. The molecular formula is C10H17CoN2NaO8. The Kier molecular flexibility index (Phi) is 16.6. The van der Waals surface area contributed by atoms with Crippen molar-refractivity contribution in [3.8, 4) is 0 Å². The number of carbonyl (C=O) groups is 4. The van der Waals surface area contributed by atoms with E-state index in [9.17, 15) is 19.2 Å². The van der Waals surface area contributed by atoms with Crippen molar-refractivity contribution in [3.05, 3.63) is 0 Å². The molecular weight excluding hydrogens is 358 g/mol. The van der Waals surface area contributed by atoms with E-state index in [0.29, 0.717) is 0 Å². The maximum absolute atomic E-state index is 10.6. The minimum Gasteiger partial charge on any atom is -1.00 e. The van der Waals surface area contributed by atoms with Gasteiger partial charge in [-0.25, -0.2) is 0 Å². The Morgan fingerprint density at radius 2 is 0.818 bits per heavy atom. The third-order valence-electron chi connectivity index (χ3n) is 2.17. The Morgan fingerprint density at radius 1 is 0.636 bits per heavy atom. The summed E-state index contributed by atoms with van der Waals surface area (Å²) in [5.74, 6) is -4.91. The van der Waals surface area contributed by atoms with Crippen LogP contribution in [0, 0.1) is 0 Å². The van der Waals surface area contributed by atoms with Crippen molar-refractivity contribution in [1.82, 2.24) is 9.80 Å². The molecule has 0 unspecified atom stereocenters. The van der Waals surface area contributed by atoms with Crippen molar-refractivity contribution in [3.63, 3.8) is 0 Å². The molecule has 0 heterocycles. The summed E-state index contributed by atoms with van der Waals surface area (Å²) in [6, 6.07) is 0. The maximum atomic E-state index is 10.6. The number of hydrogen-bond acceptors (Lipinski definition) is 6. The molecule has 0 aliphatic carbocycles. The summed E-state index contributed by atoms with van der Waals surface area (Å²) < 4.78 is 0. The molecule has 0 aliphatic rings. The van der Waals surface area contributed by atoms with Crippen LogP contribution in [0.1, 0.15) is 1.43 Å². The minimum absolute atomic E-state index is 0. The van der Waals surface area contributed by atoms with E-state index in [4.69, 9.17) is 20.4 Å². The van der Waals surface area contributed by atoms with Gasteiger partial charge in [0.05, 0.1) is 26.2 Å². The normalized spacial score (nSPS) is 9.73. The zero-order valence-corrected chi connectivity index (χ0v) is 14.9. The summed E-state index contributed by atoms with van der Waals surface area (Å²) in [4.78, 5) is 44.4. The largest absolute Gasteiger partial charge is 1.00 e. The van der Waals surface area contributed by atoms with Crippen molar-refractivity contribution < 1.29 is 87.4 Å². The molecule has 0 aliphatic heterocycles. The van der Waals surface area contributed by atoms with Crippen molar-refractivity contribution in [2.45, 2.75) is 0 Å². The quantitative estimate of drug-likeness (QED) is 0.258. The fourth-order valence-electron chi connectivity index (χ4n) is 1.48. The molecule has 0 saturated heterocycles. The number of carboxylic acids is 4. The van der Waals surface area contributed by atoms with E-state index >= 15 is 0 Å². The van der Waals surface area contributed by atoms with Crippen LogP contribution in [0.2, 0.25) is 0 Å². The predicted octanol–water partition coefficient (Wildman–Crippen LogP) is -4.96. The summed E-state index contributed by atoms with van der Waals surface area (Å²) in [5, 5.41) is 34.5. The second-order valence-electron chi connectivity index (χ2n) is 4.00. The summed E-state index contributed by atoms with van der Waals surface area (Å²) in [7, 11) is 0. The summed E-state index contributed by atoms with van der Waals surface area (Å²) >= 11 is 0. The summed E-state index contributed by atoms with van der Waals surface area (Å²) in [6.07, 6.45) is 0. The molecule has 1 radical (unpaired) electrons. The van der Waals surface area contributed by atoms with Gasteiger partial charge in [0.15, 0.2) is 0 Å². The van der Waals surface area contributed by atoms with E-state index < -0.39 is 50.1 Å². The van der Waals surface area contributed by atoms with Gasteiger partial charge < -0.3 is 21.9 Å². The van der Waals surface area contributed by atoms with Gasteiger partial charge in [0.2, 0.25) is 0 Å². The average molecular weight is 375 g/mol. The predicted molar refractivity (Wildman–Crippen MR) is 64.5 cm³/mol. The first-order valence-corrected chi connectivity index (χ1v) is 5.52. The van der Waals surface area contributed by atoms with Crippen LogP contribution >= 0.6 is 0 Å². The number of hydrogen-bond donors (Lipinski definition) is 4. The number of rotatable bonds is 11. The molecule has 22 heavy (non-hydrogen) atoms. The van der Waals surface area contributed by atoms with Gasteiger partial charge in [0, 0.05) is 29.9 Å². The van der Waals surface area contributed by atoms with Crippen LogP contribution in [0.15, 0.2) is 0 Å². The van der Waals surface area contributed by atoms with Gasteiger partial charge in [0.25, 0.3) is 0 Å². The standard InChI is InChI=1S/C10H16N2O8.Co.Na.H/c13-7(14)3-11(4-8(15)16)1-2-12(5-9(17)18)6-10(19)20;;;/h1-6H2,(H,13,14)(H,15,16)(H,17,18)(H,19,20);;;/q;;+1;-1. The van der Waals surface area contributed by atoms with Crippen molar-refractivity contribution in [1.29, 1.82) is 0 Å². The van der Waals surface area contributed by atoms with Crippen LogP contribution < -0.4 is 29.6 Å². The molecule has 0 aromatic heterocycles. The van der Waals surface area contributed by atoms with E-state index in [1.165, 1.54) is 0 Å². The van der Waals surface area contributed by atoms with Crippen LogP contribution in [-0.2, 0) is 36.0 Å². The first kappa shape index (κ1) is 26.2. The number of carboxylic acid groups (broad SMARTS) is 4. The zero-order valence-electron chi connectivity index (χ0n) is 12.9. The van der Waals surface area contributed by atoms with Gasteiger partial charge in [-0.15, -0.1) is 0 Å². The molecule has 0 bridgehead atoms. The SMILES string of the molecule is O=C(O)CN(CCN(CC(=O)O)CC(=O)O)CC(=O)O.[Co].[H-].[Na+]. The first-order chi connectivity index (χ1) is 9.20. The van der Waals surface area contributed by atoms with E-state index in [-0.39, 0.29) is 60.9 Å². The van der Waals surface area contributed by atoms with Gasteiger partial charge >= 0.3 is 53.4 Å². The van der Waals surface area contributed by atoms with Gasteiger partial charge in [-0.2, -0.15) is 0 Å². The molecule has 0 spiro atoms. The topological polar surface area (TPSA) is 156 Å². The van der Waals surface area contributed by atoms with Crippen LogP contribution in [0.3, 0.4) is 0 Å². The molecule has 0 saturated carbocycles. The van der Waals surface area contributed by atoms with E-state index in [0.717, 1.165) is 9.80 Å². The molecule has 0 atom stereocenters. The number of aliphatic carboxylic acids is 4. The van der Waals surface area contributed by atoms with Gasteiger partial charge in [0.1, 0.15) is 0 Å². The first-order valence-electron chi connectivity index (χ1n) is 5.52. The van der Waals surface area contributed by atoms with E-state index in [2.05, 4.69) is 0 Å². The van der Waals surface area contributed by atoms with Crippen LogP contribution in [0.25, 0.3) is 0 Å². The molecule has 125 valence electrons. The monoisotopic (exact) mass is 375 g/mol. The average Bonchev–Trinajstić information content (AvgIpc) is 2.22. The van der Waals surface area contributed by atoms with Crippen molar-refractivity contribution in [2.75, 3.05) is 39.3 Å². The van der Waals surface area contributed by atoms with Crippen LogP contribution in [0.5, 0.6) is 0 Å². The molecule has 0 aromatic carbocycles. The Bertz CT molecular complexity index is 333. The molecule has 10 nitrogen and oxygen atoms in total. The maximum Gasteiger partial charge on any atom is 1.00 e. The molecule has 0 fully saturated rings. The fourth-order valence-corrected chi connectivity index (χ4v) is 1.48. The third-order valence-corrected chi connectivity index (χ3v) is 2.17. The molecule has 0 rings (SSSR count). The molecule has 0 amide bonds. The number of nitrogens with zero attached hydrogens (tertiary/aromatic N) is 2. The van der Waals surface area contributed by atoms with Crippen molar-refractivity contribution >= 4 is 23.9 Å². The van der Waals surface area contributed by atoms with E-state index in [1.807, 2.05) is 0 Å². The summed E-state index contributed by atoms with van der Waals surface area (Å²) in [5.41, 5.74) is 0. The van der Waals surface area contributed by atoms with Gasteiger partial charge in [-0.05, 0) is 0 Å². The zero-order chi connectivity index (χ0) is 15.7. The second-order valence-corrected chi connectivity index (χ2v) is 4.00. The smallest absolute Gasteiger partial charge is 1.00 e. The Hall–Kier alpha value is -0.694. The molecule has 0 aromatic rings. The minimum atomic E-state index is -1.23. The van der Waals surface area contributed by atoms with E-state index in [1.54, 1.807) is 0 Å². The Balaban J connectivity index is -0.000000602. The third kappa shape index (κ3) is 15.7. The molecule has 4 N–H and O–H groups in total. The second kappa shape index (κ2) is 13.9. The Labute approximate surface area is 160 Å². The van der Waals surface area contributed by atoms with Crippen LogP contribution in [-0.4, -0.2) is 93.4 Å².